The van der Waals surface area contributed by atoms with E-state index in [9.17, 15) is 0 Å². The number of rotatable bonds is 6. The molecule has 2 rings (SSSR count). The standard InChI is InChI=1S/C16H29N5S/c1-4-8-21-9-6-14(7-10-21)20-16(17-5-2)19-12-15-18-11-13(3)22-15/h11,14H,4-10,12H2,1-3H3,(H2,17,19,20). The highest BCUT2D eigenvalue weighted by molar-refractivity contribution is 7.11. The molecule has 124 valence electrons. The van der Waals surface area contributed by atoms with Gasteiger partial charge in [0, 0.05) is 36.8 Å². The van der Waals surface area contributed by atoms with Crippen molar-refractivity contribution in [3.63, 3.8) is 0 Å². The van der Waals surface area contributed by atoms with Crippen LogP contribution in [0.2, 0.25) is 0 Å². The topological polar surface area (TPSA) is 52.5 Å². The lowest BCUT2D eigenvalue weighted by Crippen LogP contribution is -2.48. The Labute approximate surface area is 138 Å². The van der Waals surface area contributed by atoms with Gasteiger partial charge in [0.2, 0.25) is 0 Å². The fourth-order valence-electron chi connectivity index (χ4n) is 2.75. The number of nitrogens with one attached hydrogen (secondary N) is 2. The van der Waals surface area contributed by atoms with Crippen molar-refractivity contribution in [1.29, 1.82) is 0 Å². The Morgan fingerprint density at radius 1 is 1.41 bits per heavy atom. The number of aromatic nitrogens is 1. The molecule has 0 aliphatic carbocycles. The summed E-state index contributed by atoms with van der Waals surface area (Å²) in [6.45, 7) is 11.6. The first-order chi connectivity index (χ1) is 10.7. The van der Waals surface area contributed by atoms with E-state index in [1.165, 1.54) is 43.8 Å². The van der Waals surface area contributed by atoms with Crippen LogP contribution in [0.5, 0.6) is 0 Å². The van der Waals surface area contributed by atoms with E-state index in [0.717, 1.165) is 17.5 Å². The summed E-state index contributed by atoms with van der Waals surface area (Å²) in [5.74, 6) is 0.921. The van der Waals surface area contributed by atoms with E-state index < -0.39 is 0 Å². The van der Waals surface area contributed by atoms with Crippen LogP contribution in [0.15, 0.2) is 11.2 Å². The van der Waals surface area contributed by atoms with E-state index in [4.69, 9.17) is 0 Å². The van der Waals surface area contributed by atoms with Gasteiger partial charge >= 0.3 is 0 Å². The third-order valence-electron chi connectivity index (χ3n) is 3.85. The Kier molecular flexibility index (Phi) is 7.12. The minimum absolute atomic E-state index is 0.531. The van der Waals surface area contributed by atoms with Crippen LogP contribution in [0.25, 0.3) is 0 Å². The highest BCUT2D eigenvalue weighted by Gasteiger charge is 2.19. The number of hydrogen-bond acceptors (Lipinski definition) is 4. The molecular weight excluding hydrogens is 294 g/mol. The number of hydrogen-bond donors (Lipinski definition) is 2. The predicted octanol–water partition coefficient (Wildman–Crippen LogP) is 2.38. The molecule has 5 nitrogen and oxygen atoms in total. The van der Waals surface area contributed by atoms with Crippen LogP contribution >= 0.6 is 11.3 Å². The molecule has 2 N–H and O–H groups in total. The van der Waals surface area contributed by atoms with E-state index in [0.29, 0.717) is 12.6 Å². The zero-order chi connectivity index (χ0) is 15.8. The molecule has 1 fully saturated rings. The van der Waals surface area contributed by atoms with Gasteiger partial charge in [-0.2, -0.15) is 0 Å². The quantitative estimate of drug-likeness (QED) is 0.623. The molecule has 0 spiro atoms. The summed E-state index contributed by atoms with van der Waals surface area (Å²) in [6, 6.07) is 0.531. The van der Waals surface area contributed by atoms with Crippen LogP contribution in [-0.4, -0.2) is 48.1 Å². The van der Waals surface area contributed by atoms with Crippen molar-refractivity contribution in [1.82, 2.24) is 20.5 Å². The van der Waals surface area contributed by atoms with Crippen molar-refractivity contribution in [2.24, 2.45) is 4.99 Å². The molecule has 1 aromatic heterocycles. The molecule has 1 aliphatic rings. The lowest BCUT2D eigenvalue weighted by atomic mass is 10.1. The Morgan fingerprint density at radius 3 is 2.77 bits per heavy atom. The van der Waals surface area contributed by atoms with Crippen LogP contribution in [-0.2, 0) is 6.54 Å². The highest BCUT2D eigenvalue weighted by atomic mass is 32.1. The van der Waals surface area contributed by atoms with Gasteiger partial charge < -0.3 is 15.5 Å². The maximum atomic E-state index is 4.68. The van der Waals surface area contributed by atoms with Crippen molar-refractivity contribution in [2.45, 2.75) is 52.6 Å². The van der Waals surface area contributed by atoms with Gasteiger partial charge in [-0.1, -0.05) is 6.92 Å². The van der Waals surface area contributed by atoms with Crippen LogP contribution in [0, 0.1) is 6.92 Å². The third kappa shape index (κ3) is 5.57. The fraction of sp³-hybridized carbons (Fsp3) is 0.750. The van der Waals surface area contributed by atoms with Gasteiger partial charge in [0.05, 0.1) is 6.54 Å². The molecule has 0 atom stereocenters. The number of piperidine rings is 1. The molecule has 1 saturated heterocycles. The molecule has 0 unspecified atom stereocenters. The molecule has 0 radical (unpaired) electrons. The van der Waals surface area contributed by atoms with Gasteiger partial charge in [0.15, 0.2) is 5.96 Å². The largest absolute Gasteiger partial charge is 0.357 e. The van der Waals surface area contributed by atoms with Crippen molar-refractivity contribution >= 4 is 17.3 Å². The van der Waals surface area contributed by atoms with Crippen LogP contribution in [0.1, 0.15) is 43.0 Å². The van der Waals surface area contributed by atoms with E-state index >= 15 is 0 Å². The lowest BCUT2D eigenvalue weighted by Gasteiger charge is -2.32. The molecule has 0 aromatic carbocycles. The number of likely N-dealkylation sites (tertiary alicyclic amines) is 1. The molecule has 2 heterocycles. The smallest absolute Gasteiger partial charge is 0.191 e. The maximum absolute atomic E-state index is 4.68. The molecule has 1 aliphatic heterocycles. The van der Waals surface area contributed by atoms with Gasteiger partial charge in [-0.05, 0) is 39.7 Å². The zero-order valence-corrected chi connectivity index (χ0v) is 14.9. The SMILES string of the molecule is CCCN1CCC(NC(=NCc2ncc(C)s2)NCC)CC1. The molecule has 1 aromatic rings. The van der Waals surface area contributed by atoms with Gasteiger partial charge in [-0.15, -0.1) is 11.3 Å². The minimum Gasteiger partial charge on any atom is -0.357 e. The van der Waals surface area contributed by atoms with Crippen molar-refractivity contribution in [3.05, 3.63) is 16.1 Å². The molecule has 6 heteroatoms. The summed E-state index contributed by atoms with van der Waals surface area (Å²) >= 11 is 1.72. The van der Waals surface area contributed by atoms with Gasteiger partial charge in [-0.3, -0.25) is 0 Å². The summed E-state index contributed by atoms with van der Waals surface area (Å²) in [5.41, 5.74) is 0. The van der Waals surface area contributed by atoms with Crippen molar-refractivity contribution in [3.8, 4) is 0 Å². The first-order valence-electron chi connectivity index (χ1n) is 8.39. The predicted molar refractivity (Wildman–Crippen MR) is 94.6 cm³/mol. The van der Waals surface area contributed by atoms with Crippen LogP contribution in [0.3, 0.4) is 0 Å². The first kappa shape index (κ1) is 17.2. The van der Waals surface area contributed by atoms with E-state index in [2.05, 4.69) is 46.3 Å². The summed E-state index contributed by atoms with van der Waals surface area (Å²) in [6.07, 6.45) is 5.55. The summed E-state index contributed by atoms with van der Waals surface area (Å²) in [5, 5.41) is 8.01. The first-order valence-corrected chi connectivity index (χ1v) is 9.21. The number of aryl methyl sites for hydroxylation is 1. The summed E-state index contributed by atoms with van der Waals surface area (Å²) < 4.78 is 0. The third-order valence-corrected chi connectivity index (χ3v) is 4.75. The Balaban J connectivity index is 1.83. The van der Waals surface area contributed by atoms with Crippen molar-refractivity contribution < 1.29 is 0 Å². The second-order valence-corrected chi connectivity index (χ2v) is 7.14. The van der Waals surface area contributed by atoms with Gasteiger partial charge in [0.1, 0.15) is 5.01 Å². The van der Waals surface area contributed by atoms with E-state index in [1.807, 2.05) is 6.20 Å². The molecule has 0 bridgehead atoms. The van der Waals surface area contributed by atoms with Crippen molar-refractivity contribution in [2.75, 3.05) is 26.2 Å². The Hall–Kier alpha value is -1.14. The van der Waals surface area contributed by atoms with Crippen LogP contribution in [0.4, 0.5) is 0 Å². The number of thiazole rings is 1. The molecule has 0 amide bonds. The Morgan fingerprint density at radius 2 is 2.18 bits per heavy atom. The number of nitrogens with zero attached hydrogens (tertiary/aromatic N) is 3. The minimum atomic E-state index is 0.531. The summed E-state index contributed by atoms with van der Waals surface area (Å²) in [4.78, 5) is 12.8. The molecule has 22 heavy (non-hydrogen) atoms. The number of guanidine groups is 1. The zero-order valence-electron chi connectivity index (χ0n) is 14.1. The van der Waals surface area contributed by atoms with Crippen LogP contribution < -0.4 is 10.6 Å². The fourth-order valence-corrected chi connectivity index (χ4v) is 3.46. The van der Waals surface area contributed by atoms with Gasteiger partial charge in [-0.25, -0.2) is 9.98 Å². The van der Waals surface area contributed by atoms with E-state index in [-0.39, 0.29) is 0 Å². The molecule has 0 saturated carbocycles. The second-order valence-electron chi connectivity index (χ2n) is 5.82. The van der Waals surface area contributed by atoms with Gasteiger partial charge in [0.25, 0.3) is 0 Å². The molecular formula is C16H29N5S. The normalized spacial score (nSPS) is 17.7. The maximum Gasteiger partial charge on any atom is 0.191 e. The average Bonchev–Trinajstić information content (AvgIpc) is 2.93. The highest BCUT2D eigenvalue weighted by Crippen LogP contribution is 2.13. The summed E-state index contributed by atoms with van der Waals surface area (Å²) in [7, 11) is 0. The monoisotopic (exact) mass is 323 g/mol. The lowest BCUT2D eigenvalue weighted by molar-refractivity contribution is 0.206. The van der Waals surface area contributed by atoms with E-state index in [1.54, 1.807) is 11.3 Å². The average molecular weight is 324 g/mol. The number of aliphatic imine (C=N–C) groups is 1. The Bertz CT molecular complexity index is 463. The second kappa shape index (κ2) is 9.10.